The zero-order valence-corrected chi connectivity index (χ0v) is 24.9. The van der Waals surface area contributed by atoms with Crippen LogP contribution >= 0.6 is 0 Å². The zero-order valence-electron chi connectivity index (χ0n) is 23.9. The molecular formula is C33H33N3O5Si. The van der Waals surface area contributed by atoms with Crippen molar-refractivity contribution in [2.45, 2.75) is 51.0 Å². The van der Waals surface area contributed by atoms with Gasteiger partial charge >= 0.3 is 5.97 Å². The third-order valence-corrected chi connectivity index (χ3v) is 13.4. The van der Waals surface area contributed by atoms with Gasteiger partial charge in [-0.15, -0.1) is 5.06 Å². The van der Waals surface area contributed by atoms with Crippen LogP contribution in [-0.4, -0.2) is 57.1 Å². The first-order chi connectivity index (χ1) is 20.3. The number of nitrogens with zero attached hydrogens (tertiary/aromatic N) is 3. The first kappa shape index (κ1) is 25.7. The van der Waals surface area contributed by atoms with Gasteiger partial charge < -0.3 is 19.4 Å². The third kappa shape index (κ3) is 3.53. The summed E-state index contributed by atoms with van der Waals surface area (Å²) in [6, 6.07) is 19.2. The van der Waals surface area contributed by atoms with Crippen LogP contribution in [-0.2, 0) is 31.4 Å². The van der Waals surface area contributed by atoms with Gasteiger partial charge in [0, 0.05) is 50.4 Å². The molecule has 42 heavy (non-hydrogen) atoms. The zero-order chi connectivity index (χ0) is 28.8. The summed E-state index contributed by atoms with van der Waals surface area (Å²) in [4.78, 5) is 47.7. The van der Waals surface area contributed by atoms with Gasteiger partial charge in [-0.3, -0.25) is 9.59 Å². The fourth-order valence-electron chi connectivity index (χ4n) is 7.21. The van der Waals surface area contributed by atoms with Gasteiger partial charge in [0.1, 0.15) is 13.7 Å². The quantitative estimate of drug-likeness (QED) is 0.347. The van der Waals surface area contributed by atoms with Crippen molar-refractivity contribution in [3.05, 3.63) is 82.4 Å². The second-order valence-corrected chi connectivity index (χ2v) is 16.9. The molecule has 3 saturated heterocycles. The number of hydrogen-bond donors (Lipinski definition) is 0. The number of carbonyl (C=O) groups is 3. The Kier molecular flexibility index (Phi) is 5.53. The van der Waals surface area contributed by atoms with Crippen molar-refractivity contribution in [3.63, 3.8) is 0 Å². The van der Waals surface area contributed by atoms with Gasteiger partial charge in [-0.25, -0.2) is 4.79 Å². The molecule has 8 nitrogen and oxygen atoms in total. The Morgan fingerprint density at radius 2 is 1.36 bits per heavy atom. The lowest BCUT2D eigenvalue weighted by Crippen LogP contribution is -2.63. The normalized spacial score (nSPS) is 21.0. The second-order valence-electron chi connectivity index (χ2n) is 12.6. The summed E-state index contributed by atoms with van der Waals surface area (Å²) in [5.41, 5.74) is 6.13. The number of anilines is 2. The first-order valence-corrected chi connectivity index (χ1v) is 17.9. The molecule has 0 aliphatic carbocycles. The second kappa shape index (κ2) is 9.02. The molecule has 0 bridgehead atoms. The maximum absolute atomic E-state index is 13.3. The SMILES string of the molecule is C[Si]1(C)c2cc(N3CCC3)ccc2C2(OCc3ccc(C(=O)ON4C(=O)CCC4=O)cc32)c2ccc(N3CCC3)cc21. The lowest BCUT2D eigenvalue weighted by atomic mass is 9.78. The van der Waals surface area contributed by atoms with E-state index in [4.69, 9.17) is 9.57 Å². The highest BCUT2D eigenvalue weighted by molar-refractivity contribution is 7.01. The lowest BCUT2D eigenvalue weighted by molar-refractivity contribution is -0.172. The molecule has 0 atom stereocenters. The van der Waals surface area contributed by atoms with Crippen LogP contribution in [0.4, 0.5) is 11.4 Å². The molecule has 2 amide bonds. The Balaban J connectivity index is 1.30. The number of hydroxylamine groups is 2. The van der Waals surface area contributed by atoms with E-state index in [2.05, 4.69) is 59.3 Å². The topological polar surface area (TPSA) is 79.4 Å². The Morgan fingerprint density at radius 3 is 1.88 bits per heavy atom. The van der Waals surface area contributed by atoms with Gasteiger partial charge in [-0.2, -0.15) is 0 Å². The van der Waals surface area contributed by atoms with Crippen molar-refractivity contribution < 1.29 is 24.0 Å². The highest BCUT2D eigenvalue weighted by atomic mass is 28.3. The summed E-state index contributed by atoms with van der Waals surface area (Å²) >= 11 is 0. The molecular weight excluding hydrogens is 546 g/mol. The van der Waals surface area contributed by atoms with E-state index in [0.717, 1.165) is 48.4 Å². The van der Waals surface area contributed by atoms with Gasteiger partial charge in [0.05, 0.1) is 12.2 Å². The molecule has 0 aromatic heterocycles. The smallest absolute Gasteiger partial charge is 0.363 e. The van der Waals surface area contributed by atoms with E-state index >= 15 is 0 Å². The van der Waals surface area contributed by atoms with Crippen molar-refractivity contribution in [2.75, 3.05) is 36.0 Å². The Morgan fingerprint density at radius 1 is 0.786 bits per heavy atom. The van der Waals surface area contributed by atoms with Gasteiger partial charge in [0.2, 0.25) is 0 Å². The fourth-order valence-corrected chi connectivity index (χ4v) is 10.4. The van der Waals surface area contributed by atoms with Crippen LogP contribution in [0.1, 0.15) is 58.3 Å². The van der Waals surface area contributed by atoms with Crippen molar-refractivity contribution >= 4 is 47.6 Å². The number of fused-ring (bicyclic) bond motifs is 6. The molecule has 5 heterocycles. The Hall–Kier alpha value is -3.95. The maximum Gasteiger partial charge on any atom is 0.363 e. The molecule has 0 radical (unpaired) electrons. The summed E-state index contributed by atoms with van der Waals surface area (Å²) < 4.78 is 6.91. The lowest BCUT2D eigenvalue weighted by Gasteiger charge is -2.46. The van der Waals surface area contributed by atoms with Crippen LogP contribution in [0.3, 0.4) is 0 Å². The largest absolute Gasteiger partial charge is 0.371 e. The van der Waals surface area contributed by atoms with Crippen molar-refractivity contribution in [1.29, 1.82) is 0 Å². The van der Waals surface area contributed by atoms with E-state index in [9.17, 15) is 14.4 Å². The molecule has 3 aromatic rings. The highest BCUT2D eigenvalue weighted by Crippen LogP contribution is 2.50. The molecule has 214 valence electrons. The van der Waals surface area contributed by atoms with Gasteiger partial charge in [-0.05, 0) is 81.9 Å². The van der Waals surface area contributed by atoms with Crippen LogP contribution in [0.15, 0.2) is 54.6 Å². The summed E-state index contributed by atoms with van der Waals surface area (Å²) in [6.45, 7) is 9.60. The molecule has 3 fully saturated rings. The van der Waals surface area contributed by atoms with Crippen LogP contribution in [0.2, 0.25) is 13.1 Å². The molecule has 5 aliphatic heterocycles. The number of benzene rings is 3. The number of rotatable bonds is 4. The summed E-state index contributed by atoms with van der Waals surface area (Å²) in [5, 5.41) is 3.32. The number of imide groups is 1. The Labute approximate surface area is 245 Å². The number of amides is 2. The van der Waals surface area contributed by atoms with Crippen molar-refractivity contribution in [1.82, 2.24) is 5.06 Å². The standard InChI is InChI=1S/C33H33N3O5Si/c1-42(2)28-18-23(34-13-3-14-34)7-9-25(28)33(26-10-8-24(19-29(26)42)35-15-4-16-35)27-17-21(5-6-22(27)20-40-33)32(39)41-36-30(37)11-12-31(36)38/h5-10,17-19H,3-4,11-16,20H2,1-2H3. The third-order valence-electron chi connectivity index (χ3n) is 9.90. The monoisotopic (exact) mass is 579 g/mol. The van der Waals surface area contributed by atoms with Crippen LogP contribution in [0, 0.1) is 0 Å². The van der Waals surface area contributed by atoms with Gasteiger partial charge in [0.15, 0.2) is 0 Å². The molecule has 0 unspecified atom stereocenters. The van der Waals surface area contributed by atoms with Gasteiger partial charge in [-0.1, -0.05) is 31.3 Å². The van der Waals surface area contributed by atoms with E-state index in [0.29, 0.717) is 11.7 Å². The molecule has 0 N–H and O–H groups in total. The van der Waals surface area contributed by atoms with E-state index < -0.39 is 31.5 Å². The predicted octanol–water partition coefficient (Wildman–Crippen LogP) is 3.29. The first-order valence-electron chi connectivity index (χ1n) is 14.9. The van der Waals surface area contributed by atoms with Crippen LogP contribution in [0.25, 0.3) is 0 Å². The van der Waals surface area contributed by atoms with Gasteiger partial charge in [0.25, 0.3) is 11.8 Å². The number of hydrogen-bond acceptors (Lipinski definition) is 7. The van der Waals surface area contributed by atoms with E-state index in [1.165, 1.54) is 34.6 Å². The molecule has 1 spiro atoms. The molecule has 8 rings (SSSR count). The molecule has 0 saturated carbocycles. The van der Waals surface area contributed by atoms with Crippen molar-refractivity contribution in [3.8, 4) is 0 Å². The highest BCUT2D eigenvalue weighted by Gasteiger charge is 2.53. The number of ether oxygens (including phenoxy) is 1. The van der Waals surface area contributed by atoms with E-state index in [-0.39, 0.29) is 18.4 Å². The minimum Gasteiger partial charge on any atom is -0.371 e. The van der Waals surface area contributed by atoms with Crippen LogP contribution in [0.5, 0.6) is 0 Å². The van der Waals surface area contributed by atoms with E-state index in [1.54, 1.807) is 6.07 Å². The summed E-state index contributed by atoms with van der Waals surface area (Å²) in [7, 11) is -2.16. The summed E-state index contributed by atoms with van der Waals surface area (Å²) in [5.74, 6) is -1.71. The maximum atomic E-state index is 13.3. The van der Waals surface area contributed by atoms with Crippen LogP contribution < -0.4 is 20.2 Å². The summed E-state index contributed by atoms with van der Waals surface area (Å²) in [6.07, 6.45) is 2.54. The minimum absolute atomic E-state index is 0.0549. The average molecular weight is 580 g/mol. The average Bonchev–Trinajstić information content (AvgIpc) is 3.46. The molecule has 9 heteroatoms. The molecule has 3 aromatic carbocycles. The Bertz CT molecular complexity index is 1610. The van der Waals surface area contributed by atoms with E-state index in [1.807, 2.05) is 12.1 Å². The number of carbonyl (C=O) groups excluding carboxylic acids is 3. The minimum atomic E-state index is -2.16. The van der Waals surface area contributed by atoms with Crippen molar-refractivity contribution in [2.24, 2.45) is 0 Å². The molecule has 5 aliphatic rings. The fraction of sp³-hybridized carbons (Fsp3) is 0.364. The predicted molar refractivity (Wildman–Crippen MR) is 161 cm³/mol.